The molecule has 13 heavy (non-hydrogen) atoms. The summed E-state index contributed by atoms with van der Waals surface area (Å²) in [6.07, 6.45) is 2.81. The molecule has 6 heteroatoms. The summed E-state index contributed by atoms with van der Waals surface area (Å²) in [5, 5.41) is 9.89. The lowest BCUT2D eigenvalue weighted by molar-refractivity contribution is -0.469. The summed E-state index contributed by atoms with van der Waals surface area (Å²) in [5.41, 5.74) is 0. The SMILES string of the molecule is O=C(C[N+](=O)[O-])Oc1cccnc1. The van der Waals surface area contributed by atoms with Crippen molar-refractivity contribution < 1.29 is 14.5 Å². The average Bonchev–Trinajstić information content (AvgIpc) is 2.04. The molecule has 0 aromatic carbocycles. The van der Waals surface area contributed by atoms with E-state index in [1.54, 1.807) is 6.07 Å². The molecule has 1 heterocycles. The Hall–Kier alpha value is -1.98. The molecule has 1 aromatic rings. The molecule has 0 saturated carbocycles. The van der Waals surface area contributed by atoms with Gasteiger partial charge in [0.15, 0.2) is 0 Å². The summed E-state index contributed by atoms with van der Waals surface area (Å²) in [7, 11) is 0. The number of rotatable bonds is 3. The maximum absolute atomic E-state index is 10.7. The predicted molar refractivity (Wildman–Crippen MR) is 41.7 cm³/mol. The van der Waals surface area contributed by atoms with Gasteiger partial charge in [0.2, 0.25) is 0 Å². The van der Waals surface area contributed by atoms with Crippen molar-refractivity contribution in [3.8, 4) is 5.75 Å². The molecular weight excluding hydrogens is 176 g/mol. The minimum absolute atomic E-state index is 0.203. The van der Waals surface area contributed by atoms with Crippen LogP contribution < -0.4 is 4.74 Å². The molecule has 68 valence electrons. The molecule has 0 atom stereocenters. The molecule has 0 saturated heterocycles. The van der Waals surface area contributed by atoms with E-state index in [1.165, 1.54) is 18.5 Å². The Morgan fingerprint density at radius 1 is 1.69 bits per heavy atom. The van der Waals surface area contributed by atoms with Crippen molar-refractivity contribution in [1.82, 2.24) is 4.98 Å². The van der Waals surface area contributed by atoms with Crippen molar-refractivity contribution in [1.29, 1.82) is 0 Å². The molecule has 0 aliphatic carbocycles. The quantitative estimate of drug-likeness (QED) is 0.380. The molecular formula is C7H6N2O4. The van der Waals surface area contributed by atoms with Gasteiger partial charge in [-0.1, -0.05) is 0 Å². The highest BCUT2D eigenvalue weighted by atomic mass is 16.6. The van der Waals surface area contributed by atoms with E-state index < -0.39 is 17.4 Å². The van der Waals surface area contributed by atoms with Gasteiger partial charge in [0.1, 0.15) is 5.75 Å². The first-order chi connectivity index (χ1) is 6.18. The maximum atomic E-state index is 10.7. The van der Waals surface area contributed by atoms with Crippen LogP contribution in [-0.2, 0) is 4.79 Å². The Morgan fingerprint density at radius 2 is 2.46 bits per heavy atom. The second-order valence-corrected chi connectivity index (χ2v) is 2.15. The fraction of sp³-hybridized carbons (Fsp3) is 0.143. The molecule has 0 amide bonds. The molecule has 0 aliphatic rings. The first-order valence-corrected chi connectivity index (χ1v) is 3.41. The van der Waals surface area contributed by atoms with Crippen LogP contribution in [0.25, 0.3) is 0 Å². The fourth-order valence-corrected chi connectivity index (χ4v) is 0.677. The van der Waals surface area contributed by atoms with Gasteiger partial charge in [0.25, 0.3) is 6.54 Å². The molecule has 0 aliphatic heterocycles. The summed E-state index contributed by atoms with van der Waals surface area (Å²) in [6.45, 7) is -0.838. The number of nitro groups is 1. The zero-order valence-electron chi connectivity index (χ0n) is 6.54. The van der Waals surface area contributed by atoms with E-state index in [0.717, 1.165) is 0 Å². The lowest BCUT2D eigenvalue weighted by Gasteiger charge is -1.98. The largest absolute Gasteiger partial charge is 0.420 e. The number of hydrogen-bond acceptors (Lipinski definition) is 5. The highest BCUT2D eigenvalue weighted by molar-refractivity contribution is 5.73. The Bertz CT molecular complexity index is 312. The Morgan fingerprint density at radius 3 is 3.00 bits per heavy atom. The van der Waals surface area contributed by atoms with E-state index in [-0.39, 0.29) is 5.75 Å². The van der Waals surface area contributed by atoms with Gasteiger partial charge >= 0.3 is 5.97 Å². The van der Waals surface area contributed by atoms with E-state index in [9.17, 15) is 14.9 Å². The van der Waals surface area contributed by atoms with E-state index in [4.69, 9.17) is 0 Å². The van der Waals surface area contributed by atoms with Crippen LogP contribution in [0.1, 0.15) is 0 Å². The van der Waals surface area contributed by atoms with Crippen LogP contribution in [0.15, 0.2) is 24.5 Å². The topological polar surface area (TPSA) is 82.3 Å². The molecule has 0 fully saturated rings. The van der Waals surface area contributed by atoms with Crippen LogP contribution in [0.3, 0.4) is 0 Å². The Labute approximate surface area is 73.3 Å². The fourth-order valence-electron chi connectivity index (χ4n) is 0.677. The van der Waals surface area contributed by atoms with Crippen molar-refractivity contribution in [2.45, 2.75) is 0 Å². The Balaban J connectivity index is 2.50. The van der Waals surface area contributed by atoms with Gasteiger partial charge in [-0.3, -0.25) is 15.1 Å². The summed E-state index contributed by atoms with van der Waals surface area (Å²) < 4.78 is 4.58. The zero-order chi connectivity index (χ0) is 9.68. The van der Waals surface area contributed by atoms with Crippen LogP contribution in [0, 0.1) is 10.1 Å². The highest BCUT2D eigenvalue weighted by Crippen LogP contribution is 2.05. The summed E-state index contributed by atoms with van der Waals surface area (Å²) in [4.78, 5) is 23.5. The first kappa shape index (κ1) is 9.11. The van der Waals surface area contributed by atoms with Crippen molar-refractivity contribution in [2.24, 2.45) is 0 Å². The zero-order valence-corrected chi connectivity index (χ0v) is 6.54. The third kappa shape index (κ3) is 3.28. The van der Waals surface area contributed by atoms with E-state index in [0.29, 0.717) is 0 Å². The number of carbonyl (C=O) groups is 1. The van der Waals surface area contributed by atoms with Crippen molar-refractivity contribution in [3.63, 3.8) is 0 Å². The molecule has 1 aromatic heterocycles. The predicted octanol–water partition coefficient (Wildman–Crippen LogP) is 0.264. The van der Waals surface area contributed by atoms with Gasteiger partial charge < -0.3 is 4.74 Å². The van der Waals surface area contributed by atoms with Crippen molar-refractivity contribution >= 4 is 5.97 Å². The summed E-state index contributed by atoms with van der Waals surface area (Å²) in [6, 6.07) is 3.06. The smallest absolute Gasteiger partial charge is 0.383 e. The number of pyridine rings is 1. The summed E-state index contributed by atoms with van der Waals surface area (Å²) >= 11 is 0. The van der Waals surface area contributed by atoms with Crippen LogP contribution in [-0.4, -0.2) is 22.4 Å². The third-order valence-corrected chi connectivity index (χ3v) is 1.12. The number of carbonyl (C=O) groups excluding carboxylic acids is 1. The number of nitrogens with zero attached hydrogens (tertiary/aromatic N) is 2. The standard InChI is InChI=1S/C7H6N2O4/c10-7(5-9(11)12)13-6-2-1-3-8-4-6/h1-4H,5H2. The third-order valence-electron chi connectivity index (χ3n) is 1.12. The van der Waals surface area contributed by atoms with Gasteiger partial charge in [-0.25, -0.2) is 4.79 Å². The van der Waals surface area contributed by atoms with Gasteiger partial charge in [0, 0.05) is 11.1 Å². The highest BCUT2D eigenvalue weighted by Gasteiger charge is 2.11. The van der Waals surface area contributed by atoms with Gasteiger partial charge in [0.05, 0.1) is 6.20 Å². The lowest BCUT2D eigenvalue weighted by atomic mass is 10.5. The Kier molecular flexibility index (Phi) is 2.91. The first-order valence-electron chi connectivity index (χ1n) is 3.41. The molecule has 0 bridgehead atoms. The molecule has 0 N–H and O–H groups in total. The maximum Gasteiger partial charge on any atom is 0.383 e. The van der Waals surface area contributed by atoms with Crippen LogP contribution in [0.2, 0.25) is 0 Å². The molecule has 0 unspecified atom stereocenters. The van der Waals surface area contributed by atoms with Crippen molar-refractivity contribution in [3.05, 3.63) is 34.6 Å². The van der Waals surface area contributed by atoms with Gasteiger partial charge in [-0.15, -0.1) is 0 Å². The number of esters is 1. The normalized spacial score (nSPS) is 9.23. The number of aromatic nitrogens is 1. The van der Waals surface area contributed by atoms with E-state index >= 15 is 0 Å². The van der Waals surface area contributed by atoms with Gasteiger partial charge in [-0.05, 0) is 12.1 Å². The monoisotopic (exact) mass is 182 g/mol. The van der Waals surface area contributed by atoms with Crippen LogP contribution in [0.5, 0.6) is 5.75 Å². The molecule has 0 spiro atoms. The average molecular weight is 182 g/mol. The number of hydrogen-bond donors (Lipinski definition) is 0. The van der Waals surface area contributed by atoms with E-state index in [2.05, 4.69) is 9.72 Å². The number of ether oxygens (including phenoxy) is 1. The minimum atomic E-state index is -0.905. The lowest BCUT2D eigenvalue weighted by Crippen LogP contribution is -2.19. The van der Waals surface area contributed by atoms with Crippen molar-refractivity contribution in [2.75, 3.05) is 6.54 Å². The second-order valence-electron chi connectivity index (χ2n) is 2.15. The molecule has 6 nitrogen and oxygen atoms in total. The van der Waals surface area contributed by atoms with E-state index in [1.807, 2.05) is 0 Å². The van der Waals surface area contributed by atoms with Crippen LogP contribution in [0.4, 0.5) is 0 Å². The van der Waals surface area contributed by atoms with Gasteiger partial charge in [-0.2, -0.15) is 0 Å². The molecule has 1 rings (SSSR count). The minimum Gasteiger partial charge on any atom is -0.420 e. The van der Waals surface area contributed by atoms with Crippen LogP contribution >= 0.6 is 0 Å². The molecule has 0 radical (unpaired) electrons. The second kappa shape index (κ2) is 4.15. The summed E-state index contributed by atoms with van der Waals surface area (Å²) in [5.74, 6) is -0.702.